The largest absolute Gasteiger partial charge is 0.351 e. The van der Waals surface area contributed by atoms with Crippen LogP contribution in [-0.4, -0.2) is 26.2 Å². The van der Waals surface area contributed by atoms with Gasteiger partial charge in [0.15, 0.2) is 5.16 Å². The number of hydrogen-bond acceptors (Lipinski definition) is 5. The van der Waals surface area contributed by atoms with Crippen molar-refractivity contribution in [3.63, 3.8) is 0 Å². The van der Waals surface area contributed by atoms with Crippen molar-refractivity contribution in [2.75, 3.05) is 0 Å². The van der Waals surface area contributed by atoms with Crippen molar-refractivity contribution in [2.24, 2.45) is 0 Å². The van der Waals surface area contributed by atoms with Crippen LogP contribution in [0.4, 0.5) is 0 Å². The summed E-state index contributed by atoms with van der Waals surface area (Å²) in [6.45, 7) is 11.9. The van der Waals surface area contributed by atoms with Crippen LogP contribution < -0.4 is 10.9 Å². The van der Waals surface area contributed by atoms with Crippen molar-refractivity contribution in [2.45, 2.75) is 69.4 Å². The predicted octanol–water partition coefficient (Wildman–Crippen LogP) is 3.53. The minimum absolute atomic E-state index is 0.0137. The average Bonchev–Trinajstić information content (AvgIpc) is 3.09. The number of nitrogens with zero attached hydrogens (tertiary/aromatic N) is 2. The third kappa shape index (κ3) is 3.74. The van der Waals surface area contributed by atoms with Gasteiger partial charge in [-0.15, -0.1) is 17.9 Å². The number of nitrogens with one attached hydrogen (secondary N) is 1. The van der Waals surface area contributed by atoms with Crippen molar-refractivity contribution in [1.82, 2.24) is 14.9 Å². The first-order chi connectivity index (χ1) is 12.2. The maximum Gasteiger partial charge on any atom is 0.263 e. The van der Waals surface area contributed by atoms with Gasteiger partial charge in [0.05, 0.1) is 10.6 Å². The Morgan fingerprint density at radius 2 is 2.19 bits per heavy atom. The number of hydrogen-bond donors (Lipinski definition) is 1. The molecule has 0 fully saturated rings. The molecule has 7 heteroatoms. The summed E-state index contributed by atoms with van der Waals surface area (Å²) in [6.07, 6.45) is 4.80. The summed E-state index contributed by atoms with van der Waals surface area (Å²) in [6, 6.07) is 0. The normalized spacial score (nSPS) is 15.1. The van der Waals surface area contributed by atoms with E-state index in [0.29, 0.717) is 11.7 Å². The van der Waals surface area contributed by atoms with Crippen molar-refractivity contribution >= 4 is 39.2 Å². The molecule has 5 nitrogen and oxygen atoms in total. The fourth-order valence-corrected chi connectivity index (χ4v) is 5.34. The van der Waals surface area contributed by atoms with Crippen LogP contribution in [0.2, 0.25) is 0 Å². The first-order valence-electron chi connectivity index (χ1n) is 8.86. The molecule has 2 aromatic heterocycles. The van der Waals surface area contributed by atoms with Crippen molar-refractivity contribution < 1.29 is 4.79 Å². The summed E-state index contributed by atoms with van der Waals surface area (Å²) in [5, 5.41) is 3.98. The zero-order chi connectivity index (χ0) is 19.1. The van der Waals surface area contributed by atoms with E-state index in [4.69, 9.17) is 4.98 Å². The van der Waals surface area contributed by atoms with Gasteiger partial charge in [0.1, 0.15) is 4.83 Å². The van der Waals surface area contributed by atoms with E-state index in [9.17, 15) is 9.59 Å². The van der Waals surface area contributed by atoms with Crippen LogP contribution >= 0.6 is 23.1 Å². The maximum atomic E-state index is 13.1. The van der Waals surface area contributed by atoms with Gasteiger partial charge < -0.3 is 5.32 Å². The number of thioether (sulfide) groups is 1. The summed E-state index contributed by atoms with van der Waals surface area (Å²) in [4.78, 5) is 32.4. The summed E-state index contributed by atoms with van der Waals surface area (Å²) < 4.78 is 1.65. The molecule has 1 atom stereocenters. The van der Waals surface area contributed by atoms with Crippen LogP contribution in [0.15, 0.2) is 22.6 Å². The SMILES string of the molecule is C=CCn1c(S[C@H](C)C(=O)NC(C)(C)C)nc2sc3c(c2c1=O)CCC3. The molecule has 26 heavy (non-hydrogen) atoms. The van der Waals surface area contributed by atoms with Crippen molar-refractivity contribution in [3.05, 3.63) is 33.4 Å². The van der Waals surface area contributed by atoms with Gasteiger partial charge in [-0.1, -0.05) is 17.8 Å². The van der Waals surface area contributed by atoms with Crippen LogP contribution in [0.1, 0.15) is 44.6 Å². The number of carbonyl (C=O) groups is 1. The molecule has 2 heterocycles. The lowest BCUT2D eigenvalue weighted by atomic mass is 10.1. The van der Waals surface area contributed by atoms with E-state index in [1.165, 1.54) is 22.2 Å². The lowest BCUT2D eigenvalue weighted by Crippen LogP contribution is -2.44. The summed E-state index contributed by atoms with van der Waals surface area (Å²) in [7, 11) is 0. The Bertz CT molecular complexity index is 921. The Hall–Kier alpha value is -1.60. The molecule has 3 rings (SSSR count). The number of thiophene rings is 1. The molecule has 0 saturated heterocycles. The number of rotatable bonds is 5. The van der Waals surface area contributed by atoms with E-state index in [1.807, 2.05) is 27.7 Å². The number of aromatic nitrogens is 2. The van der Waals surface area contributed by atoms with E-state index >= 15 is 0 Å². The van der Waals surface area contributed by atoms with Crippen molar-refractivity contribution in [1.29, 1.82) is 0 Å². The topological polar surface area (TPSA) is 64.0 Å². The first-order valence-corrected chi connectivity index (χ1v) is 10.6. The smallest absolute Gasteiger partial charge is 0.263 e. The van der Waals surface area contributed by atoms with E-state index < -0.39 is 0 Å². The highest BCUT2D eigenvalue weighted by atomic mass is 32.2. The molecule has 0 unspecified atom stereocenters. The minimum atomic E-state index is -0.346. The average molecular weight is 392 g/mol. The second-order valence-electron chi connectivity index (χ2n) is 7.64. The van der Waals surface area contributed by atoms with E-state index in [0.717, 1.165) is 29.5 Å². The molecule has 0 aromatic carbocycles. The second-order valence-corrected chi connectivity index (χ2v) is 10.0. The quantitative estimate of drug-likeness (QED) is 0.481. The second kappa shape index (κ2) is 7.19. The van der Waals surface area contributed by atoms with E-state index in [-0.39, 0.29) is 22.3 Å². The molecule has 140 valence electrons. The van der Waals surface area contributed by atoms with Gasteiger partial charge in [0, 0.05) is 17.0 Å². The summed E-state index contributed by atoms with van der Waals surface area (Å²) >= 11 is 2.95. The lowest BCUT2D eigenvalue weighted by molar-refractivity contribution is -0.121. The standard InChI is InChI=1S/C19H25N3O2S2/c1-6-10-22-17(24)14-12-8-7-9-13(12)26-16(14)20-18(22)25-11(2)15(23)21-19(3,4)5/h6,11H,1,7-10H2,2-5H3,(H,21,23)/t11-/m1/s1. The molecule has 1 aliphatic rings. The van der Waals surface area contributed by atoms with Gasteiger partial charge >= 0.3 is 0 Å². The highest BCUT2D eigenvalue weighted by Crippen LogP contribution is 2.36. The molecular weight excluding hydrogens is 366 g/mol. The molecule has 0 spiro atoms. The fraction of sp³-hybridized carbons (Fsp3) is 0.526. The van der Waals surface area contributed by atoms with Gasteiger partial charge in [-0.25, -0.2) is 4.98 Å². The summed E-state index contributed by atoms with van der Waals surface area (Å²) in [5.41, 5.74) is 0.870. The Balaban J connectivity index is 2.00. The third-order valence-corrected chi connectivity index (χ3v) is 6.53. The molecule has 1 N–H and O–H groups in total. The van der Waals surface area contributed by atoms with Crippen LogP contribution in [-0.2, 0) is 24.2 Å². The van der Waals surface area contributed by atoms with Gasteiger partial charge in [-0.2, -0.15) is 0 Å². The summed E-state index contributed by atoms with van der Waals surface area (Å²) in [5.74, 6) is -0.0596. The molecule has 1 amide bonds. The zero-order valence-electron chi connectivity index (χ0n) is 15.7. The molecular formula is C19H25N3O2S2. The van der Waals surface area contributed by atoms with Gasteiger partial charge in [-0.3, -0.25) is 14.2 Å². The Kier molecular flexibility index (Phi) is 5.30. The molecule has 0 radical (unpaired) electrons. The highest BCUT2D eigenvalue weighted by molar-refractivity contribution is 8.00. The van der Waals surface area contributed by atoms with Crippen molar-refractivity contribution in [3.8, 4) is 0 Å². The van der Waals surface area contributed by atoms with Crippen LogP contribution in [0.3, 0.4) is 0 Å². The molecule has 2 aromatic rings. The van der Waals surface area contributed by atoms with Crippen LogP contribution in [0.5, 0.6) is 0 Å². The molecule has 0 aliphatic heterocycles. The van der Waals surface area contributed by atoms with Gasteiger partial charge in [0.25, 0.3) is 5.56 Å². The van der Waals surface area contributed by atoms with Crippen LogP contribution in [0.25, 0.3) is 10.2 Å². The van der Waals surface area contributed by atoms with Gasteiger partial charge in [-0.05, 0) is 52.5 Å². The van der Waals surface area contributed by atoms with E-state index in [1.54, 1.807) is 22.0 Å². The highest BCUT2D eigenvalue weighted by Gasteiger charge is 2.26. The number of amides is 1. The number of carbonyl (C=O) groups excluding carboxylic acids is 1. The fourth-order valence-electron chi connectivity index (χ4n) is 3.12. The van der Waals surface area contributed by atoms with Crippen LogP contribution in [0, 0.1) is 0 Å². The Labute approximate surface area is 161 Å². The zero-order valence-corrected chi connectivity index (χ0v) is 17.4. The monoisotopic (exact) mass is 391 g/mol. The Morgan fingerprint density at radius 3 is 2.85 bits per heavy atom. The number of aryl methyl sites for hydroxylation is 2. The minimum Gasteiger partial charge on any atom is -0.351 e. The first kappa shape index (κ1) is 19.2. The third-order valence-electron chi connectivity index (χ3n) is 4.25. The predicted molar refractivity (Wildman–Crippen MR) is 109 cm³/mol. The molecule has 0 saturated carbocycles. The maximum absolute atomic E-state index is 13.1. The number of fused-ring (bicyclic) bond motifs is 3. The lowest BCUT2D eigenvalue weighted by Gasteiger charge is -2.23. The molecule has 1 aliphatic carbocycles. The Morgan fingerprint density at radius 1 is 1.46 bits per heavy atom. The van der Waals surface area contributed by atoms with E-state index in [2.05, 4.69) is 11.9 Å². The molecule has 0 bridgehead atoms. The number of allylic oxidation sites excluding steroid dienone is 1. The van der Waals surface area contributed by atoms with Gasteiger partial charge in [0.2, 0.25) is 5.91 Å².